The molecule has 1 aromatic heterocycles. The smallest absolute Gasteiger partial charge is 0.174 e. The third kappa shape index (κ3) is 1.87. The van der Waals surface area contributed by atoms with Gasteiger partial charge >= 0.3 is 0 Å². The number of rotatable bonds is 3. The summed E-state index contributed by atoms with van der Waals surface area (Å²) < 4.78 is 0. The van der Waals surface area contributed by atoms with Crippen LogP contribution in [0.25, 0.3) is 0 Å². The Balaban J connectivity index is 2.09. The lowest BCUT2D eigenvalue weighted by Gasteiger charge is -2.27. The Labute approximate surface area is 83.9 Å². The molecule has 2 rings (SSSR count). The first kappa shape index (κ1) is 9.45. The summed E-state index contributed by atoms with van der Waals surface area (Å²) in [5, 5.41) is 14.4. The number of hydrogen-bond acceptors (Lipinski definition) is 4. The molecule has 1 aliphatic rings. The molecule has 2 N–H and O–H groups in total. The molecule has 0 saturated carbocycles. The summed E-state index contributed by atoms with van der Waals surface area (Å²) >= 11 is 0. The van der Waals surface area contributed by atoms with Crippen LogP contribution in [0.1, 0.15) is 19.0 Å². The van der Waals surface area contributed by atoms with Crippen LogP contribution in [0.4, 0.5) is 5.82 Å². The van der Waals surface area contributed by atoms with Gasteiger partial charge in [0.25, 0.3) is 0 Å². The molecule has 2 heterocycles. The molecule has 0 bridgehead atoms. The van der Waals surface area contributed by atoms with Crippen molar-refractivity contribution >= 4 is 5.82 Å². The second kappa shape index (κ2) is 4.41. The van der Waals surface area contributed by atoms with Crippen LogP contribution in [0, 0.1) is 0 Å². The number of nitrogens with zero attached hydrogens (tertiary/aromatic N) is 3. The molecule has 1 aromatic rings. The highest BCUT2D eigenvalue weighted by molar-refractivity contribution is 5.42. The first-order chi connectivity index (χ1) is 6.92. The minimum atomic E-state index is 1.01. The van der Waals surface area contributed by atoms with Crippen LogP contribution in [-0.4, -0.2) is 41.6 Å². The summed E-state index contributed by atoms with van der Waals surface area (Å²) in [4.78, 5) is 2.30. The lowest BCUT2D eigenvalue weighted by molar-refractivity contribution is 0.583. The standard InChI is InChI=1S/C9H17N5/c1-2-3-8-9(12-13-11-8)14-6-4-10-5-7-14/h10H,2-7H2,1H3,(H,11,12,13). The quantitative estimate of drug-likeness (QED) is 0.721. The molecule has 1 saturated heterocycles. The van der Waals surface area contributed by atoms with E-state index < -0.39 is 0 Å². The number of nitrogens with one attached hydrogen (secondary N) is 2. The van der Waals surface area contributed by atoms with E-state index in [1.54, 1.807) is 0 Å². The van der Waals surface area contributed by atoms with E-state index in [-0.39, 0.29) is 0 Å². The van der Waals surface area contributed by atoms with E-state index in [2.05, 4.69) is 32.6 Å². The summed E-state index contributed by atoms with van der Waals surface area (Å²) in [6.07, 6.45) is 2.13. The molecule has 0 aromatic carbocycles. The zero-order chi connectivity index (χ0) is 9.80. The van der Waals surface area contributed by atoms with Crippen molar-refractivity contribution in [3.8, 4) is 0 Å². The van der Waals surface area contributed by atoms with Crippen LogP contribution in [-0.2, 0) is 6.42 Å². The van der Waals surface area contributed by atoms with Gasteiger partial charge in [-0.3, -0.25) is 0 Å². The van der Waals surface area contributed by atoms with Crippen molar-refractivity contribution < 1.29 is 0 Å². The molecule has 0 spiro atoms. The molecule has 1 fully saturated rings. The van der Waals surface area contributed by atoms with Gasteiger partial charge in [-0.25, -0.2) is 0 Å². The molecule has 14 heavy (non-hydrogen) atoms. The third-order valence-corrected chi connectivity index (χ3v) is 2.50. The molecular formula is C9H17N5. The summed E-state index contributed by atoms with van der Waals surface area (Å²) in [7, 11) is 0. The fourth-order valence-corrected chi connectivity index (χ4v) is 1.78. The third-order valence-electron chi connectivity index (χ3n) is 2.50. The van der Waals surface area contributed by atoms with Gasteiger partial charge in [-0.2, -0.15) is 10.3 Å². The van der Waals surface area contributed by atoms with Crippen LogP contribution in [0.5, 0.6) is 0 Å². The van der Waals surface area contributed by atoms with Gasteiger partial charge in [0.15, 0.2) is 5.82 Å². The summed E-state index contributed by atoms with van der Waals surface area (Å²) in [6.45, 7) is 6.31. The molecular weight excluding hydrogens is 178 g/mol. The largest absolute Gasteiger partial charge is 0.351 e. The molecule has 5 heteroatoms. The summed E-state index contributed by atoms with van der Waals surface area (Å²) in [5.41, 5.74) is 1.11. The second-order valence-corrected chi connectivity index (χ2v) is 3.58. The molecule has 0 unspecified atom stereocenters. The highest BCUT2D eigenvalue weighted by atomic mass is 15.4. The Morgan fingerprint density at radius 1 is 1.29 bits per heavy atom. The van der Waals surface area contributed by atoms with Gasteiger partial charge in [-0.1, -0.05) is 13.3 Å². The van der Waals surface area contributed by atoms with Crippen LogP contribution in [0.2, 0.25) is 0 Å². The van der Waals surface area contributed by atoms with Crippen molar-refractivity contribution in [3.63, 3.8) is 0 Å². The van der Waals surface area contributed by atoms with Crippen molar-refractivity contribution in [3.05, 3.63) is 5.69 Å². The molecule has 1 aliphatic heterocycles. The maximum absolute atomic E-state index is 4.22. The van der Waals surface area contributed by atoms with Crippen molar-refractivity contribution in [1.82, 2.24) is 20.7 Å². The molecule has 0 amide bonds. The van der Waals surface area contributed by atoms with Crippen molar-refractivity contribution in [2.45, 2.75) is 19.8 Å². The van der Waals surface area contributed by atoms with Crippen LogP contribution in [0.3, 0.4) is 0 Å². The highest BCUT2D eigenvalue weighted by Crippen LogP contribution is 2.16. The minimum Gasteiger partial charge on any atom is -0.351 e. The predicted octanol–water partition coefficient (Wildman–Crippen LogP) is 0.167. The Kier molecular flexibility index (Phi) is 2.98. The predicted molar refractivity (Wildman–Crippen MR) is 55.5 cm³/mol. The Hall–Kier alpha value is -1.10. The van der Waals surface area contributed by atoms with Gasteiger partial charge < -0.3 is 10.2 Å². The first-order valence-electron chi connectivity index (χ1n) is 5.27. The van der Waals surface area contributed by atoms with E-state index >= 15 is 0 Å². The number of aromatic nitrogens is 3. The van der Waals surface area contributed by atoms with Crippen LogP contribution >= 0.6 is 0 Å². The first-order valence-corrected chi connectivity index (χ1v) is 5.27. The zero-order valence-electron chi connectivity index (χ0n) is 8.58. The van der Waals surface area contributed by atoms with E-state index in [0.717, 1.165) is 50.5 Å². The maximum atomic E-state index is 4.22. The average Bonchev–Trinajstić information content (AvgIpc) is 2.68. The Morgan fingerprint density at radius 3 is 2.79 bits per heavy atom. The number of anilines is 1. The van der Waals surface area contributed by atoms with E-state index in [0.29, 0.717) is 0 Å². The number of hydrogen-bond donors (Lipinski definition) is 2. The van der Waals surface area contributed by atoms with E-state index in [9.17, 15) is 0 Å². The molecule has 0 aliphatic carbocycles. The number of H-pyrrole nitrogens is 1. The minimum absolute atomic E-state index is 1.01. The van der Waals surface area contributed by atoms with Gasteiger partial charge in [0.05, 0.1) is 0 Å². The zero-order valence-corrected chi connectivity index (χ0v) is 8.58. The fourth-order valence-electron chi connectivity index (χ4n) is 1.78. The monoisotopic (exact) mass is 195 g/mol. The van der Waals surface area contributed by atoms with Crippen molar-refractivity contribution in [2.24, 2.45) is 0 Å². The highest BCUT2D eigenvalue weighted by Gasteiger charge is 2.16. The number of aromatic amines is 1. The summed E-state index contributed by atoms with van der Waals surface area (Å²) in [5.74, 6) is 1.05. The lowest BCUT2D eigenvalue weighted by atomic mass is 10.2. The second-order valence-electron chi connectivity index (χ2n) is 3.58. The Bertz CT molecular complexity index is 276. The van der Waals surface area contributed by atoms with Crippen LogP contribution < -0.4 is 10.2 Å². The normalized spacial score (nSPS) is 17.4. The molecule has 5 nitrogen and oxygen atoms in total. The van der Waals surface area contributed by atoms with Crippen LogP contribution in [0.15, 0.2) is 0 Å². The topological polar surface area (TPSA) is 56.8 Å². The van der Waals surface area contributed by atoms with E-state index in [1.807, 2.05) is 0 Å². The van der Waals surface area contributed by atoms with Gasteiger partial charge in [0.1, 0.15) is 5.69 Å². The van der Waals surface area contributed by atoms with Gasteiger partial charge in [-0.05, 0) is 6.42 Å². The maximum Gasteiger partial charge on any atom is 0.174 e. The fraction of sp³-hybridized carbons (Fsp3) is 0.778. The number of piperazine rings is 1. The van der Waals surface area contributed by atoms with E-state index in [1.165, 1.54) is 0 Å². The summed E-state index contributed by atoms with van der Waals surface area (Å²) in [6, 6.07) is 0. The average molecular weight is 195 g/mol. The lowest BCUT2D eigenvalue weighted by Crippen LogP contribution is -2.44. The molecule has 0 atom stereocenters. The van der Waals surface area contributed by atoms with Gasteiger partial charge in [0.2, 0.25) is 0 Å². The van der Waals surface area contributed by atoms with Crippen molar-refractivity contribution in [1.29, 1.82) is 0 Å². The SMILES string of the molecule is CCCc1n[nH]nc1N1CCNCC1. The number of aryl methyl sites for hydroxylation is 1. The molecule has 78 valence electrons. The van der Waals surface area contributed by atoms with Crippen molar-refractivity contribution in [2.75, 3.05) is 31.1 Å². The Morgan fingerprint density at radius 2 is 2.07 bits per heavy atom. The molecule has 0 radical (unpaired) electrons. The van der Waals surface area contributed by atoms with Gasteiger partial charge in [-0.15, -0.1) is 5.10 Å². The van der Waals surface area contributed by atoms with Gasteiger partial charge in [0, 0.05) is 26.2 Å². The van der Waals surface area contributed by atoms with E-state index in [4.69, 9.17) is 0 Å².